The van der Waals surface area contributed by atoms with Gasteiger partial charge in [0.15, 0.2) is 5.82 Å². The van der Waals surface area contributed by atoms with Crippen molar-refractivity contribution >= 4 is 0 Å². The van der Waals surface area contributed by atoms with Crippen LogP contribution in [0, 0.1) is 0 Å². The number of hydrogen-bond donors (Lipinski definition) is 1. The molecule has 0 saturated heterocycles. The fourth-order valence-corrected chi connectivity index (χ4v) is 2.05. The average Bonchev–Trinajstić information content (AvgIpc) is 2.73. The molecule has 0 bridgehead atoms. The van der Waals surface area contributed by atoms with Crippen molar-refractivity contribution in [1.29, 1.82) is 0 Å². The van der Waals surface area contributed by atoms with Crippen molar-refractivity contribution in [2.24, 2.45) is 0 Å². The van der Waals surface area contributed by atoms with Gasteiger partial charge in [0.25, 0.3) is 0 Å². The Morgan fingerprint density at radius 2 is 2.00 bits per heavy atom. The summed E-state index contributed by atoms with van der Waals surface area (Å²) in [4.78, 5) is 8.57. The summed E-state index contributed by atoms with van der Waals surface area (Å²) in [6.07, 6.45) is -4.32. The van der Waals surface area contributed by atoms with Crippen molar-refractivity contribution in [3.8, 4) is 0 Å². The monoisotopic (exact) mass is 275 g/mol. The van der Waals surface area contributed by atoms with Gasteiger partial charge in [-0.25, -0.2) is 9.97 Å². The normalized spacial score (nSPS) is 15.1. The minimum atomic E-state index is -4.32. The maximum atomic E-state index is 12.0. The van der Waals surface area contributed by atoms with Crippen LogP contribution in [0.4, 0.5) is 13.2 Å². The van der Waals surface area contributed by atoms with Gasteiger partial charge in [-0.3, -0.25) is 0 Å². The molecule has 0 aliphatic carbocycles. The van der Waals surface area contributed by atoms with Crippen LogP contribution in [0.5, 0.6) is 0 Å². The third-order valence-corrected chi connectivity index (χ3v) is 2.81. The Morgan fingerprint density at radius 1 is 1.26 bits per heavy atom. The van der Waals surface area contributed by atoms with Crippen molar-refractivity contribution in [3.05, 3.63) is 22.8 Å². The number of halogens is 3. The molecule has 0 saturated carbocycles. The molecule has 1 aliphatic heterocycles. The second-order valence-corrected chi connectivity index (χ2v) is 4.82. The molecule has 0 radical (unpaired) electrons. The predicted molar refractivity (Wildman–Crippen MR) is 62.4 cm³/mol. The third-order valence-electron chi connectivity index (χ3n) is 2.81. The van der Waals surface area contributed by atoms with Crippen molar-refractivity contribution < 1.29 is 17.9 Å². The van der Waals surface area contributed by atoms with Crippen molar-refractivity contribution in [2.75, 3.05) is 6.61 Å². The third kappa shape index (κ3) is 3.63. The molecule has 0 atom stereocenters. The van der Waals surface area contributed by atoms with E-state index in [1.807, 2.05) is 13.8 Å². The van der Waals surface area contributed by atoms with E-state index in [1.165, 1.54) is 0 Å². The van der Waals surface area contributed by atoms with Gasteiger partial charge in [-0.15, -0.1) is 0 Å². The lowest BCUT2D eigenvalue weighted by molar-refractivity contribution is -0.177. The van der Waals surface area contributed by atoms with E-state index in [2.05, 4.69) is 20.0 Å². The molecule has 1 N–H and O–H groups in total. The lowest BCUT2D eigenvalue weighted by Crippen LogP contribution is -2.18. The zero-order chi connectivity index (χ0) is 14.0. The molecule has 19 heavy (non-hydrogen) atoms. The van der Waals surface area contributed by atoms with Crippen molar-refractivity contribution in [3.63, 3.8) is 0 Å². The molecule has 2 heterocycles. The van der Waals surface area contributed by atoms with E-state index < -0.39 is 12.8 Å². The van der Waals surface area contributed by atoms with E-state index in [1.54, 1.807) is 0 Å². The van der Waals surface area contributed by atoms with Crippen LogP contribution in [-0.2, 0) is 24.4 Å². The molecule has 0 fully saturated rings. The van der Waals surface area contributed by atoms with E-state index in [-0.39, 0.29) is 12.5 Å². The van der Waals surface area contributed by atoms with Gasteiger partial charge in [-0.2, -0.15) is 13.2 Å². The molecular formula is C12H16F3N3O. The molecule has 106 valence electrons. The van der Waals surface area contributed by atoms with Gasteiger partial charge in [0.05, 0.1) is 11.4 Å². The molecule has 4 nitrogen and oxygen atoms in total. The quantitative estimate of drug-likeness (QED) is 0.915. The zero-order valence-electron chi connectivity index (χ0n) is 10.8. The van der Waals surface area contributed by atoms with Gasteiger partial charge >= 0.3 is 6.18 Å². The number of ether oxygens (including phenoxy) is 1. The minimum absolute atomic E-state index is 0.206. The fourth-order valence-electron chi connectivity index (χ4n) is 2.05. The lowest BCUT2D eigenvalue weighted by Gasteiger charge is -2.13. The highest BCUT2D eigenvalue weighted by molar-refractivity contribution is 5.31. The second-order valence-electron chi connectivity index (χ2n) is 4.82. The Morgan fingerprint density at radius 3 is 2.63 bits per heavy atom. The summed E-state index contributed by atoms with van der Waals surface area (Å²) in [6, 6.07) is 0. The number of nitrogens with zero attached hydrogens (tertiary/aromatic N) is 2. The second kappa shape index (κ2) is 5.42. The van der Waals surface area contributed by atoms with Crippen LogP contribution in [0.2, 0.25) is 0 Å². The molecule has 0 unspecified atom stereocenters. The predicted octanol–water partition coefficient (Wildman–Crippen LogP) is 2.28. The zero-order valence-corrected chi connectivity index (χ0v) is 10.8. The van der Waals surface area contributed by atoms with Crippen molar-refractivity contribution in [2.45, 2.75) is 45.6 Å². The van der Waals surface area contributed by atoms with E-state index in [9.17, 15) is 13.2 Å². The molecular weight excluding hydrogens is 259 g/mol. The highest BCUT2D eigenvalue weighted by Crippen LogP contribution is 2.23. The summed E-state index contributed by atoms with van der Waals surface area (Å²) in [6.45, 7) is 3.86. The van der Waals surface area contributed by atoms with Crippen LogP contribution in [0.15, 0.2) is 0 Å². The van der Waals surface area contributed by atoms with Crippen LogP contribution >= 0.6 is 0 Å². The van der Waals surface area contributed by atoms with Gasteiger partial charge < -0.3 is 10.1 Å². The Labute approximate surface area is 109 Å². The summed E-state index contributed by atoms with van der Waals surface area (Å²) in [5.74, 6) is 0.522. The molecule has 1 aromatic rings. The fraction of sp³-hybridized carbons (Fsp3) is 0.667. The van der Waals surface area contributed by atoms with Crippen LogP contribution in [0.25, 0.3) is 0 Å². The van der Waals surface area contributed by atoms with Crippen LogP contribution in [0.1, 0.15) is 42.5 Å². The number of rotatable bonds is 4. The first-order valence-electron chi connectivity index (χ1n) is 6.10. The van der Waals surface area contributed by atoms with Crippen molar-refractivity contribution in [1.82, 2.24) is 15.3 Å². The first-order chi connectivity index (χ1) is 8.87. The largest absolute Gasteiger partial charge is 0.411 e. The van der Waals surface area contributed by atoms with Gasteiger partial charge in [-0.1, -0.05) is 13.8 Å². The lowest BCUT2D eigenvalue weighted by atomic mass is 10.0. The van der Waals surface area contributed by atoms with E-state index in [4.69, 9.17) is 0 Å². The SMILES string of the molecule is CC(C)c1nc(COCC(F)(F)F)nc2c1CNC2. The summed E-state index contributed by atoms with van der Waals surface area (Å²) < 4.78 is 40.6. The molecule has 7 heteroatoms. The molecule has 2 rings (SSSR count). The molecule has 1 aliphatic rings. The maximum Gasteiger partial charge on any atom is 0.411 e. The van der Waals surface area contributed by atoms with Gasteiger partial charge in [0.1, 0.15) is 13.2 Å². The van der Waals surface area contributed by atoms with Gasteiger partial charge in [0, 0.05) is 18.7 Å². The van der Waals surface area contributed by atoms with Crippen LogP contribution in [-0.4, -0.2) is 22.8 Å². The summed E-state index contributed by atoms with van der Waals surface area (Å²) in [5, 5.41) is 3.17. The Hall–Kier alpha value is -1.21. The van der Waals surface area contributed by atoms with Gasteiger partial charge in [0.2, 0.25) is 0 Å². The summed E-state index contributed by atoms with van der Waals surface area (Å²) in [5.41, 5.74) is 2.82. The Kier molecular flexibility index (Phi) is 4.05. The minimum Gasteiger partial charge on any atom is -0.364 e. The van der Waals surface area contributed by atoms with E-state index in [0.29, 0.717) is 18.9 Å². The smallest absolute Gasteiger partial charge is 0.364 e. The molecule has 0 spiro atoms. The number of alkyl halides is 3. The highest BCUT2D eigenvalue weighted by atomic mass is 19.4. The first-order valence-corrected chi connectivity index (χ1v) is 6.10. The number of aromatic nitrogens is 2. The number of fused-ring (bicyclic) bond motifs is 1. The summed E-state index contributed by atoms with van der Waals surface area (Å²) >= 11 is 0. The Bertz CT molecular complexity index is 460. The number of hydrogen-bond acceptors (Lipinski definition) is 4. The van der Waals surface area contributed by atoms with Crippen LogP contribution in [0.3, 0.4) is 0 Å². The first kappa shape index (κ1) is 14.2. The molecule has 0 aromatic carbocycles. The topological polar surface area (TPSA) is 47.0 Å². The standard InChI is InChI=1S/C12H16F3N3O/c1-7(2)11-8-3-16-4-9(8)17-10(18-11)5-19-6-12(13,14)15/h7,16H,3-6H2,1-2H3. The molecule has 0 amide bonds. The van der Waals surface area contributed by atoms with Crippen LogP contribution < -0.4 is 5.32 Å². The number of nitrogens with one attached hydrogen (secondary N) is 1. The van der Waals surface area contributed by atoms with E-state index in [0.717, 1.165) is 17.0 Å². The average molecular weight is 275 g/mol. The maximum absolute atomic E-state index is 12.0. The molecule has 1 aromatic heterocycles. The Balaban J connectivity index is 2.12. The van der Waals surface area contributed by atoms with Gasteiger partial charge in [-0.05, 0) is 5.92 Å². The van der Waals surface area contributed by atoms with E-state index >= 15 is 0 Å². The highest BCUT2D eigenvalue weighted by Gasteiger charge is 2.28. The summed E-state index contributed by atoms with van der Waals surface area (Å²) in [7, 11) is 0.